The summed E-state index contributed by atoms with van der Waals surface area (Å²) in [5, 5.41) is 2.83. The number of carbonyl (C=O) groups is 2. The summed E-state index contributed by atoms with van der Waals surface area (Å²) in [6.07, 6.45) is 0. The Morgan fingerprint density at radius 3 is 2.47 bits per heavy atom. The van der Waals surface area contributed by atoms with E-state index in [1.165, 1.54) is 0 Å². The number of ether oxygens (including phenoxy) is 2. The number of rotatable bonds is 5. The summed E-state index contributed by atoms with van der Waals surface area (Å²) < 4.78 is 10.9. The van der Waals surface area contributed by atoms with E-state index in [1.54, 1.807) is 24.3 Å². The number of para-hydroxylation sites is 2. The summed E-state index contributed by atoms with van der Waals surface area (Å²) in [4.78, 5) is 27.4. The van der Waals surface area contributed by atoms with Crippen LogP contribution in [0.4, 0.5) is 11.4 Å². The number of nitrogens with zero attached hydrogens (tertiary/aromatic N) is 1. The molecule has 7 heteroatoms. The third-order valence-electron chi connectivity index (χ3n) is 6.49. The highest BCUT2D eigenvalue weighted by Crippen LogP contribution is 2.37. The summed E-state index contributed by atoms with van der Waals surface area (Å²) in [6, 6.07) is 26.2. The van der Waals surface area contributed by atoms with Gasteiger partial charge in [0, 0.05) is 24.2 Å². The fourth-order valence-corrected chi connectivity index (χ4v) is 4.55. The molecule has 2 heterocycles. The summed E-state index contributed by atoms with van der Waals surface area (Å²) >= 11 is 0. The first-order chi connectivity index (χ1) is 17.5. The van der Waals surface area contributed by atoms with Crippen LogP contribution in [-0.2, 0) is 13.1 Å². The van der Waals surface area contributed by atoms with Crippen LogP contribution in [0, 0.1) is 0 Å². The minimum atomic E-state index is -0.236. The molecular weight excluding hydrogens is 454 g/mol. The van der Waals surface area contributed by atoms with Crippen molar-refractivity contribution in [2.45, 2.75) is 13.1 Å². The monoisotopic (exact) mass is 477 g/mol. The number of nitrogens with two attached hydrogens (primary N) is 1. The average molecular weight is 478 g/mol. The van der Waals surface area contributed by atoms with Crippen LogP contribution in [0.3, 0.4) is 0 Å². The van der Waals surface area contributed by atoms with Crippen LogP contribution >= 0.6 is 0 Å². The van der Waals surface area contributed by atoms with Gasteiger partial charge in [0.2, 0.25) is 6.79 Å². The topological polar surface area (TPSA) is 93.9 Å². The fourth-order valence-electron chi connectivity index (χ4n) is 4.55. The maximum Gasteiger partial charge on any atom is 0.255 e. The number of fused-ring (bicyclic) bond motifs is 2. The van der Waals surface area contributed by atoms with E-state index in [9.17, 15) is 9.59 Å². The van der Waals surface area contributed by atoms with Gasteiger partial charge in [0.1, 0.15) is 0 Å². The van der Waals surface area contributed by atoms with Gasteiger partial charge in [-0.1, -0.05) is 36.4 Å². The molecule has 0 radical (unpaired) electrons. The van der Waals surface area contributed by atoms with E-state index in [0.717, 1.165) is 39.3 Å². The van der Waals surface area contributed by atoms with Gasteiger partial charge in [-0.2, -0.15) is 0 Å². The quantitative estimate of drug-likeness (QED) is 0.391. The van der Waals surface area contributed by atoms with Gasteiger partial charge in [-0.3, -0.25) is 9.59 Å². The maximum atomic E-state index is 13.0. The smallest absolute Gasteiger partial charge is 0.255 e. The first-order valence-corrected chi connectivity index (χ1v) is 11.6. The molecule has 0 aromatic heterocycles. The van der Waals surface area contributed by atoms with E-state index in [0.29, 0.717) is 30.0 Å². The van der Waals surface area contributed by atoms with Gasteiger partial charge < -0.3 is 25.4 Å². The fraction of sp³-hybridized carbons (Fsp3) is 0.103. The summed E-state index contributed by atoms with van der Waals surface area (Å²) in [5.74, 6) is 1.24. The molecule has 0 saturated carbocycles. The summed E-state index contributed by atoms with van der Waals surface area (Å²) in [5.41, 5.74) is 12.2. The van der Waals surface area contributed by atoms with Gasteiger partial charge >= 0.3 is 0 Å². The van der Waals surface area contributed by atoms with E-state index in [4.69, 9.17) is 15.2 Å². The van der Waals surface area contributed by atoms with Gasteiger partial charge in [-0.15, -0.1) is 0 Å². The summed E-state index contributed by atoms with van der Waals surface area (Å²) in [7, 11) is 0. The third-order valence-corrected chi connectivity index (χ3v) is 6.49. The molecule has 7 nitrogen and oxygen atoms in total. The predicted molar refractivity (Wildman–Crippen MR) is 137 cm³/mol. The Balaban J connectivity index is 1.14. The van der Waals surface area contributed by atoms with Crippen LogP contribution in [0.25, 0.3) is 11.1 Å². The number of hydrogen-bond donors (Lipinski definition) is 2. The Morgan fingerprint density at radius 2 is 1.64 bits per heavy atom. The van der Waals surface area contributed by atoms with Crippen molar-refractivity contribution in [3.63, 3.8) is 0 Å². The lowest BCUT2D eigenvalue weighted by Gasteiger charge is -2.16. The molecule has 0 spiro atoms. The maximum absolute atomic E-state index is 13.0. The molecule has 0 fully saturated rings. The molecule has 4 aromatic rings. The van der Waals surface area contributed by atoms with Crippen molar-refractivity contribution in [1.29, 1.82) is 0 Å². The standard InChI is InChI=1S/C29H23N3O4/c30-24-3-1-2-4-25(24)31-28(33)19-7-5-18(6-8-19)15-32-16-22-13-20(9-11-23(22)29(32)34)21-10-12-26-27(14-21)36-17-35-26/h1-14H,15-17,30H2,(H,31,33). The van der Waals surface area contributed by atoms with Gasteiger partial charge in [-0.05, 0) is 70.8 Å². The first kappa shape index (κ1) is 21.7. The van der Waals surface area contributed by atoms with Crippen molar-refractivity contribution in [2.24, 2.45) is 0 Å². The van der Waals surface area contributed by atoms with Crippen molar-refractivity contribution >= 4 is 23.2 Å². The SMILES string of the molecule is Nc1ccccc1NC(=O)c1ccc(CN2Cc3cc(-c4ccc5c(c4)OCO5)ccc3C2=O)cc1. The number of anilines is 2. The molecule has 0 aliphatic carbocycles. The average Bonchev–Trinajstić information content (AvgIpc) is 3.49. The van der Waals surface area contributed by atoms with E-state index >= 15 is 0 Å². The van der Waals surface area contributed by atoms with E-state index in [1.807, 2.05) is 59.5 Å². The van der Waals surface area contributed by atoms with Crippen molar-refractivity contribution in [3.8, 4) is 22.6 Å². The van der Waals surface area contributed by atoms with Crippen molar-refractivity contribution in [2.75, 3.05) is 17.8 Å². The van der Waals surface area contributed by atoms with E-state index in [-0.39, 0.29) is 18.6 Å². The molecule has 3 N–H and O–H groups in total. The molecule has 2 amide bonds. The molecule has 6 rings (SSSR count). The highest BCUT2D eigenvalue weighted by atomic mass is 16.7. The Hall–Kier alpha value is -4.78. The zero-order valence-electron chi connectivity index (χ0n) is 19.4. The zero-order valence-corrected chi connectivity index (χ0v) is 19.4. The summed E-state index contributed by atoms with van der Waals surface area (Å²) in [6.45, 7) is 1.22. The predicted octanol–water partition coefficient (Wildman–Crippen LogP) is 5.07. The van der Waals surface area contributed by atoms with Crippen LogP contribution in [0.2, 0.25) is 0 Å². The zero-order chi connectivity index (χ0) is 24.6. The Kier molecular flexibility index (Phi) is 5.30. The Labute approximate surface area is 208 Å². The molecule has 0 unspecified atom stereocenters. The largest absolute Gasteiger partial charge is 0.454 e. The van der Waals surface area contributed by atoms with Gasteiger partial charge in [-0.25, -0.2) is 0 Å². The second kappa shape index (κ2) is 8.78. The highest BCUT2D eigenvalue weighted by Gasteiger charge is 2.28. The van der Waals surface area contributed by atoms with Crippen LogP contribution in [0.1, 0.15) is 31.8 Å². The van der Waals surface area contributed by atoms with Crippen molar-refractivity contribution in [1.82, 2.24) is 4.90 Å². The lowest BCUT2D eigenvalue weighted by Crippen LogP contribution is -2.23. The molecule has 0 saturated heterocycles. The second-order valence-corrected chi connectivity index (χ2v) is 8.84. The molecule has 36 heavy (non-hydrogen) atoms. The molecular formula is C29H23N3O4. The van der Waals surface area contributed by atoms with Crippen LogP contribution in [0.5, 0.6) is 11.5 Å². The molecule has 0 atom stereocenters. The first-order valence-electron chi connectivity index (χ1n) is 11.6. The lowest BCUT2D eigenvalue weighted by molar-refractivity contribution is 0.0766. The second-order valence-electron chi connectivity index (χ2n) is 8.84. The van der Waals surface area contributed by atoms with Gasteiger partial charge in [0.05, 0.1) is 11.4 Å². The van der Waals surface area contributed by atoms with Gasteiger partial charge in [0.15, 0.2) is 11.5 Å². The van der Waals surface area contributed by atoms with E-state index < -0.39 is 0 Å². The Morgan fingerprint density at radius 1 is 0.889 bits per heavy atom. The number of nitrogens with one attached hydrogen (secondary N) is 1. The molecule has 178 valence electrons. The van der Waals surface area contributed by atoms with Crippen molar-refractivity contribution in [3.05, 3.63) is 107 Å². The molecule has 4 aromatic carbocycles. The number of nitrogen functional groups attached to an aromatic ring is 1. The highest BCUT2D eigenvalue weighted by molar-refractivity contribution is 6.05. The molecule has 2 aliphatic heterocycles. The van der Waals surface area contributed by atoms with Crippen molar-refractivity contribution < 1.29 is 19.1 Å². The number of hydrogen-bond acceptors (Lipinski definition) is 5. The number of amides is 2. The third kappa shape index (κ3) is 4.01. The minimum Gasteiger partial charge on any atom is -0.454 e. The van der Waals surface area contributed by atoms with Gasteiger partial charge in [0.25, 0.3) is 11.8 Å². The van der Waals surface area contributed by atoms with Crippen LogP contribution in [-0.4, -0.2) is 23.5 Å². The number of carbonyl (C=O) groups excluding carboxylic acids is 2. The minimum absolute atomic E-state index is 0.00334. The normalized spacial score (nSPS) is 13.6. The van der Waals surface area contributed by atoms with E-state index in [2.05, 4.69) is 11.4 Å². The number of benzene rings is 4. The Bertz CT molecular complexity index is 1500. The van der Waals surface area contributed by atoms with Crippen LogP contribution in [0.15, 0.2) is 84.9 Å². The van der Waals surface area contributed by atoms with Crippen LogP contribution < -0.4 is 20.5 Å². The molecule has 0 bridgehead atoms. The molecule has 2 aliphatic rings. The lowest BCUT2D eigenvalue weighted by atomic mass is 10.00.